The molecule has 1 heterocycles. The molecule has 0 atom stereocenters. The number of carbonyl (C=O) groups excluding carboxylic acids is 1. The molecule has 0 spiro atoms. The van der Waals surface area contributed by atoms with Crippen LogP contribution >= 0.6 is 0 Å². The molecule has 2 aliphatic carbocycles. The highest BCUT2D eigenvalue weighted by Gasteiger charge is 2.27. The van der Waals surface area contributed by atoms with Crippen LogP contribution in [0, 0.1) is 0 Å². The summed E-state index contributed by atoms with van der Waals surface area (Å²) < 4.78 is 0. The lowest BCUT2D eigenvalue weighted by Crippen LogP contribution is -2.36. The molecule has 1 aromatic heterocycles. The highest BCUT2D eigenvalue weighted by atomic mass is 16.1. The van der Waals surface area contributed by atoms with Crippen LogP contribution in [0.5, 0.6) is 0 Å². The van der Waals surface area contributed by atoms with Gasteiger partial charge in [-0.2, -0.15) is 0 Å². The minimum atomic E-state index is 0.0763. The van der Waals surface area contributed by atoms with Gasteiger partial charge in [-0.1, -0.05) is 37.5 Å². The van der Waals surface area contributed by atoms with E-state index in [2.05, 4.69) is 5.32 Å². The van der Waals surface area contributed by atoms with Crippen molar-refractivity contribution in [2.24, 2.45) is 0 Å². The summed E-state index contributed by atoms with van der Waals surface area (Å²) in [6.45, 7) is 0. The Hall–Kier alpha value is -1.90. The van der Waals surface area contributed by atoms with Crippen LogP contribution in [0.4, 0.5) is 0 Å². The van der Waals surface area contributed by atoms with Gasteiger partial charge in [-0.15, -0.1) is 0 Å². The number of para-hydroxylation sites is 1. The molecule has 2 aliphatic rings. The molecule has 3 nitrogen and oxygen atoms in total. The molecule has 22 heavy (non-hydrogen) atoms. The second-order valence-corrected chi connectivity index (χ2v) is 6.69. The van der Waals surface area contributed by atoms with Crippen molar-refractivity contribution in [3.8, 4) is 0 Å². The largest absolute Gasteiger partial charge is 0.349 e. The van der Waals surface area contributed by atoms with Crippen LogP contribution in [0.2, 0.25) is 0 Å². The minimum Gasteiger partial charge on any atom is -0.349 e. The number of carbonyl (C=O) groups is 1. The summed E-state index contributed by atoms with van der Waals surface area (Å²) >= 11 is 0. The molecule has 0 radical (unpaired) electrons. The third kappa shape index (κ3) is 2.72. The highest BCUT2D eigenvalue weighted by Crippen LogP contribution is 2.40. The minimum absolute atomic E-state index is 0.0763. The molecule has 0 bridgehead atoms. The highest BCUT2D eigenvalue weighted by molar-refractivity contribution is 6.06. The van der Waals surface area contributed by atoms with Crippen molar-refractivity contribution in [3.63, 3.8) is 0 Å². The standard InChI is InChI=1S/C19H22N2O/c22-19(20-14-6-2-1-3-7-14)16-12-18(13-10-11-13)21-17-9-5-4-8-15(16)17/h4-5,8-9,12-14H,1-3,6-7,10-11H2,(H,20,22). The Morgan fingerprint density at radius 2 is 1.82 bits per heavy atom. The van der Waals surface area contributed by atoms with Gasteiger partial charge in [0, 0.05) is 23.0 Å². The molecule has 0 saturated heterocycles. The number of nitrogens with zero attached hydrogens (tertiary/aromatic N) is 1. The lowest BCUT2D eigenvalue weighted by atomic mass is 9.95. The number of amides is 1. The van der Waals surface area contributed by atoms with Crippen molar-refractivity contribution in [2.45, 2.75) is 56.9 Å². The Balaban J connectivity index is 1.67. The second-order valence-electron chi connectivity index (χ2n) is 6.69. The maximum absolute atomic E-state index is 12.8. The van der Waals surface area contributed by atoms with Gasteiger partial charge < -0.3 is 5.32 Å². The molecule has 1 amide bonds. The molecule has 0 unspecified atom stereocenters. The van der Waals surface area contributed by atoms with Crippen molar-refractivity contribution in [2.75, 3.05) is 0 Å². The lowest BCUT2D eigenvalue weighted by Gasteiger charge is -2.23. The summed E-state index contributed by atoms with van der Waals surface area (Å²) in [5.74, 6) is 0.637. The number of aromatic nitrogens is 1. The van der Waals surface area contributed by atoms with Crippen LogP contribution in [0.1, 0.15) is 66.9 Å². The maximum atomic E-state index is 12.8. The number of hydrogen-bond acceptors (Lipinski definition) is 2. The average molecular weight is 294 g/mol. The van der Waals surface area contributed by atoms with Crippen molar-refractivity contribution < 1.29 is 4.79 Å². The zero-order valence-corrected chi connectivity index (χ0v) is 12.8. The average Bonchev–Trinajstić information content (AvgIpc) is 3.39. The number of pyridine rings is 1. The summed E-state index contributed by atoms with van der Waals surface area (Å²) in [6, 6.07) is 10.4. The predicted molar refractivity (Wildman–Crippen MR) is 88.1 cm³/mol. The number of hydrogen-bond donors (Lipinski definition) is 1. The van der Waals surface area contributed by atoms with Crippen molar-refractivity contribution >= 4 is 16.8 Å². The summed E-state index contributed by atoms with van der Waals surface area (Å²) in [4.78, 5) is 17.5. The first-order chi connectivity index (χ1) is 10.8. The molecule has 2 saturated carbocycles. The van der Waals surface area contributed by atoms with Gasteiger partial charge in [0.15, 0.2) is 0 Å². The topological polar surface area (TPSA) is 42.0 Å². The second kappa shape index (κ2) is 5.71. The first-order valence-corrected chi connectivity index (χ1v) is 8.52. The fourth-order valence-electron chi connectivity index (χ4n) is 3.48. The van der Waals surface area contributed by atoms with Crippen LogP contribution in [-0.4, -0.2) is 16.9 Å². The van der Waals surface area contributed by atoms with Gasteiger partial charge in [0.25, 0.3) is 5.91 Å². The Labute approximate surface area is 131 Å². The van der Waals surface area contributed by atoms with Crippen LogP contribution in [0.25, 0.3) is 10.9 Å². The molecular formula is C19H22N2O. The predicted octanol–water partition coefficient (Wildman–Crippen LogP) is 4.17. The van der Waals surface area contributed by atoms with Gasteiger partial charge in [0.1, 0.15) is 0 Å². The van der Waals surface area contributed by atoms with E-state index in [1.54, 1.807) is 0 Å². The van der Waals surface area contributed by atoms with Gasteiger partial charge in [0.05, 0.1) is 11.1 Å². The Morgan fingerprint density at radius 3 is 2.59 bits per heavy atom. The fraction of sp³-hybridized carbons (Fsp3) is 0.474. The molecule has 2 aromatic rings. The summed E-state index contributed by atoms with van der Waals surface area (Å²) in [7, 11) is 0. The van der Waals surface area contributed by atoms with Gasteiger partial charge in [-0.05, 0) is 37.8 Å². The molecule has 1 N–H and O–H groups in total. The first kappa shape index (κ1) is 13.7. The van der Waals surface area contributed by atoms with E-state index in [-0.39, 0.29) is 5.91 Å². The monoisotopic (exact) mass is 294 g/mol. The lowest BCUT2D eigenvalue weighted by molar-refractivity contribution is 0.0929. The molecular weight excluding hydrogens is 272 g/mol. The molecule has 2 fully saturated rings. The number of rotatable bonds is 3. The van der Waals surface area contributed by atoms with Gasteiger partial charge >= 0.3 is 0 Å². The van der Waals surface area contributed by atoms with E-state index < -0.39 is 0 Å². The smallest absolute Gasteiger partial charge is 0.252 e. The third-order valence-corrected chi connectivity index (χ3v) is 4.92. The number of fused-ring (bicyclic) bond motifs is 1. The van der Waals surface area contributed by atoms with E-state index in [9.17, 15) is 4.79 Å². The van der Waals surface area contributed by atoms with Crippen molar-refractivity contribution in [3.05, 3.63) is 41.6 Å². The molecule has 3 heteroatoms. The van der Waals surface area contributed by atoms with E-state index in [0.717, 1.165) is 35.0 Å². The van der Waals surface area contributed by atoms with Crippen molar-refractivity contribution in [1.29, 1.82) is 0 Å². The van der Waals surface area contributed by atoms with E-state index in [0.29, 0.717) is 12.0 Å². The van der Waals surface area contributed by atoms with Crippen LogP contribution in [0.15, 0.2) is 30.3 Å². The Morgan fingerprint density at radius 1 is 1.05 bits per heavy atom. The Kier molecular flexibility index (Phi) is 3.57. The van der Waals surface area contributed by atoms with E-state index in [1.165, 1.54) is 32.1 Å². The summed E-state index contributed by atoms with van der Waals surface area (Å²) in [5.41, 5.74) is 2.84. The quantitative estimate of drug-likeness (QED) is 0.923. The van der Waals surface area contributed by atoms with Gasteiger partial charge in [-0.25, -0.2) is 0 Å². The Bertz CT molecular complexity index is 700. The summed E-state index contributed by atoms with van der Waals surface area (Å²) in [5, 5.41) is 4.22. The molecule has 1 aromatic carbocycles. The SMILES string of the molecule is O=C(NC1CCCCC1)c1cc(C2CC2)nc2ccccc12. The van der Waals surface area contributed by atoms with Gasteiger partial charge in [-0.3, -0.25) is 9.78 Å². The van der Waals surface area contributed by atoms with Crippen LogP contribution < -0.4 is 5.32 Å². The first-order valence-electron chi connectivity index (χ1n) is 8.52. The van der Waals surface area contributed by atoms with E-state index in [4.69, 9.17) is 4.98 Å². The molecule has 114 valence electrons. The van der Waals surface area contributed by atoms with E-state index in [1.807, 2.05) is 30.3 Å². The summed E-state index contributed by atoms with van der Waals surface area (Å²) in [6.07, 6.45) is 8.40. The molecule has 0 aliphatic heterocycles. The number of nitrogens with one attached hydrogen (secondary N) is 1. The van der Waals surface area contributed by atoms with Crippen LogP contribution in [0.3, 0.4) is 0 Å². The number of benzene rings is 1. The normalized spacial score (nSPS) is 19.3. The zero-order chi connectivity index (χ0) is 14.9. The van der Waals surface area contributed by atoms with Crippen LogP contribution in [-0.2, 0) is 0 Å². The van der Waals surface area contributed by atoms with Crippen molar-refractivity contribution in [1.82, 2.24) is 10.3 Å². The fourth-order valence-corrected chi connectivity index (χ4v) is 3.48. The van der Waals surface area contributed by atoms with E-state index >= 15 is 0 Å². The maximum Gasteiger partial charge on any atom is 0.252 e. The zero-order valence-electron chi connectivity index (χ0n) is 12.8. The van der Waals surface area contributed by atoms with Gasteiger partial charge in [0.2, 0.25) is 0 Å². The molecule has 4 rings (SSSR count). The third-order valence-electron chi connectivity index (χ3n) is 4.92.